The highest BCUT2D eigenvalue weighted by Gasteiger charge is 2.12. The smallest absolute Gasteiger partial charge is 0.260 e. The van der Waals surface area contributed by atoms with Crippen molar-refractivity contribution in [3.8, 4) is 5.75 Å². The molecule has 0 aliphatic heterocycles. The van der Waals surface area contributed by atoms with Crippen molar-refractivity contribution >= 4 is 17.5 Å². The molecule has 6 heteroatoms. The van der Waals surface area contributed by atoms with E-state index in [0.29, 0.717) is 17.3 Å². The number of halogens is 1. The van der Waals surface area contributed by atoms with Crippen molar-refractivity contribution in [2.45, 2.75) is 13.5 Å². The molecule has 0 saturated carbocycles. The van der Waals surface area contributed by atoms with Crippen molar-refractivity contribution in [1.29, 1.82) is 0 Å². The van der Waals surface area contributed by atoms with Gasteiger partial charge in [-0.15, -0.1) is 0 Å². The van der Waals surface area contributed by atoms with Gasteiger partial charge >= 0.3 is 0 Å². The third kappa shape index (κ3) is 3.74. The van der Waals surface area contributed by atoms with Gasteiger partial charge in [-0.05, 0) is 24.6 Å². The molecule has 0 atom stereocenters. The molecule has 2 rings (SSSR count). The molecule has 0 aliphatic carbocycles. The molecule has 106 valence electrons. The van der Waals surface area contributed by atoms with Crippen LogP contribution >= 0.6 is 11.6 Å². The molecule has 1 N–H and O–H groups in total. The number of carbonyl (C=O) groups is 1. The molecule has 0 radical (unpaired) electrons. The molecular weight excluding hydrogens is 278 g/mol. The molecule has 20 heavy (non-hydrogen) atoms. The van der Waals surface area contributed by atoms with Crippen LogP contribution in [0.1, 0.15) is 11.1 Å². The lowest BCUT2D eigenvalue weighted by atomic mass is 10.2. The zero-order chi connectivity index (χ0) is 14.5. The summed E-state index contributed by atoms with van der Waals surface area (Å²) in [7, 11) is 1.72. The molecule has 1 heterocycles. The summed E-state index contributed by atoms with van der Waals surface area (Å²) in [5.41, 5.74) is 1.97. The van der Waals surface area contributed by atoms with Gasteiger partial charge in [-0.1, -0.05) is 17.7 Å². The average molecular weight is 294 g/mol. The minimum Gasteiger partial charge on any atom is -0.482 e. The van der Waals surface area contributed by atoms with Gasteiger partial charge < -0.3 is 9.64 Å². The van der Waals surface area contributed by atoms with Crippen LogP contribution in [0.15, 0.2) is 30.6 Å². The lowest BCUT2D eigenvalue weighted by molar-refractivity contribution is -0.132. The number of benzene rings is 1. The van der Waals surface area contributed by atoms with Crippen LogP contribution in [0, 0.1) is 6.92 Å². The third-order valence-electron chi connectivity index (χ3n) is 2.84. The predicted molar refractivity (Wildman–Crippen MR) is 76.7 cm³/mol. The highest BCUT2D eigenvalue weighted by Crippen LogP contribution is 2.25. The molecule has 1 aromatic heterocycles. The largest absolute Gasteiger partial charge is 0.482 e. The molecule has 0 bridgehead atoms. The maximum absolute atomic E-state index is 12.0. The highest BCUT2D eigenvalue weighted by atomic mass is 35.5. The second-order valence-electron chi connectivity index (χ2n) is 4.58. The number of carbonyl (C=O) groups excluding carboxylic acids is 1. The summed E-state index contributed by atoms with van der Waals surface area (Å²) < 4.78 is 5.47. The summed E-state index contributed by atoms with van der Waals surface area (Å²) in [5.74, 6) is 0.403. The van der Waals surface area contributed by atoms with Crippen LogP contribution in [-0.4, -0.2) is 34.7 Å². The Morgan fingerprint density at radius 1 is 1.50 bits per heavy atom. The van der Waals surface area contributed by atoms with E-state index in [4.69, 9.17) is 16.3 Å². The number of amides is 1. The fraction of sp³-hybridized carbons (Fsp3) is 0.286. The number of nitrogens with one attached hydrogen (secondary N) is 1. The minimum absolute atomic E-state index is 0.0441. The van der Waals surface area contributed by atoms with Gasteiger partial charge in [0.2, 0.25) is 0 Å². The highest BCUT2D eigenvalue weighted by molar-refractivity contribution is 6.32. The summed E-state index contributed by atoms with van der Waals surface area (Å²) in [6.45, 7) is 2.38. The summed E-state index contributed by atoms with van der Waals surface area (Å²) in [5, 5.41) is 7.05. The van der Waals surface area contributed by atoms with Crippen LogP contribution in [0.3, 0.4) is 0 Å². The molecule has 0 fully saturated rings. The maximum atomic E-state index is 12.0. The molecule has 1 amide bonds. The van der Waals surface area contributed by atoms with Crippen LogP contribution in [0.4, 0.5) is 0 Å². The summed E-state index contributed by atoms with van der Waals surface area (Å²) in [4.78, 5) is 13.5. The van der Waals surface area contributed by atoms with Gasteiger partial charge in [-0.25, -0.2) is 0 Å². The first kappa shape index (κ1) is 14.4. The first-order chi connectivity index (χ1) is 9.56. The molecule has 1 aromatic carbocycles. The number of H-pyrrole nitrogens is 1. The number of aryl methyl sites for hydroxylation is 1. The molecule has 0 unspecified atom stereocenters. The second kappa shape index (κ2) is 6.43. The number of aromatic amines is 1. The zero-order valence-electron chi connectivity index (χ0n) is 11.4. The first-order valence-corrected chi connectivity index (χ1v) is 6.54. The van der Waals surface area contributed by atoms with Crippen LogP contribution in [0.5, 0.6) is 5.75 Å². The molecule has 0 saturated heterocycles. The number of likely N-dealkylation sites (N-methyl/N-ethyl adjacent to an activating group) is 1. The van der Waals surface area contributed by atoms with Gasteiger partial charge in [0, 0.05) is 25.4 Å². The quantitative estimate of drug-likeness (QED) is 0.921. The van der Waals surface area contributed by atoms with Gasteiger partial charge in [-0.3, -0.25) is 9.89 Å². The van der Waals surface area contributed by atoms with Gasteiger partial charge in [-0.2, -0.15) is 5.10 Å². The van der Waals surface area contributed by atoms with Crippen molar-refractivity contribution in [2.24, 2.45) is 0 Å². The number of ether oxygens (including phenoxy) is 1. The van der Waals surface area contributed by atoms with Crippen LogP contribution < -0.4 is 4.74 Å². The van der Waals surface area contributed by atoms with Gasteiger partial charge in [0.05, 0.1) is 11.2 Å². The van der Waals surface area contributed by atoms with Gasteiger partial charge in [0.1, 0.15) is 5.75 Å². The van der Waals surface area contributed by atoms with Gasteiger partial charge in [0.15, 0.2) is 6.61 Å². The molecule has 5 nitrogen and oxygen atoms in total. The number of hydrogen-bond donors (Lipinski definition) is 1. The van der Waals surface area contributed by atoms with Crippen LogP contribution in [0.2, 0.25) is 5.02 Å². The Labute approximate surface area is 122 Å². The topological polar surface area (TPSA) is 58.2 Å². The van der Waals surface area contributed by atoms with E-state index in [-0.39, 0.29) is 12.5 Å². The minimum atomic E-state index is -0.122. The normalized spacial score (nSPS) is 10.3. The van der Waals surface area contributed by atoms with Crippen molar-refractivity contribution in [3.05, 3.63) is 46.7 Å². The van der Waals surface area contributed by atoms with Crippen molar-refractivity contribution in [1.82, 2.24) is 15.1 Å². The van der Waals surface area contributed by atoms with E-state index in [1.54, 1.807) is 30.4 Å². The molecule has 0 aliphatic rings. The van der Waals surface area contributed by atoms with Crippen molar-refractivity contribution in [2.75, 3.05) is 13.7 Å². The van der Waals surface area contributed by atoms with E-state index in [9.17, 15) is 4.79 Å². The van der Waals surface area contributed by atoms with E-state index < -0.39 is 0 Å². The number of hydrogen-bond acceptors (Lipinski definition) is 3. The Balaban J connectivity index is 1.89. The fourth-order valence-corrected chi connectivity index (χ4v) is 1.87. The number of nitrogens with zero attached hydrogens (tertiary/aromatic N) is 2. The Bertz CT molecular complexity index is 584. The van der Waals surface area contributed by atoms with Crippen molar-refractivity contribution < 1.29 is 9.53 Å². The SMILES string of the molecule is Cc1ccc(Cl)c(OCC(=O)N(C)Cc2cn[nH]c2)c1. The standard InChI is InChI=1S/C14H16ClN3O2/c1-10-3-4-12(15)13(5-10)20-9-14(19)18(2)8-11-6-16-17-7-11/h3-7H,8-9H2,1-2H3,(H,16,17). The van der Waals surface area contributed by atoms with E-state index >= 15 is 0 Å². The third-order valence-corrected chi connectivity index (χ3v) is 3.15. The Hall–Kier alpha value is -2.01. The number of rotatable bonds is 5. The first-order valence-electron chi connectivity index (χ1n) is 6.17. The summed E-state index contributed by atoms with van der Waals surface area (Å²) in [6, 6.07) is 5.46. The lowest BCUT2D eigenvalue weighted by Gasteiger charge is -2.17. The molecule has 2 aromatic rings. The number of aromatic nitrogens is 2. The summed E-state index contributed by atoms with van der Waals surface area (Å²) >= 11 is 6.01. The lowest BCUT2D eigenvalue weighted by Crippen LogP contribution is -2.30. The van der Waals surface area contributed by atoms with Crippen LogP contribution in [0.25, 0.3) is 0 Å². The molecular formula is C14H16ClN3O2. The van der Waals surface area contributed by atoms with E-state index in [0.717, 1.165) is 11.1 Å². The summed E-state index contributed by atoms with van der Waals surface area (Å²) in [6.07, 6.45) is 3.43. The maximum Gasteiger partial charge on any atom is 0.260 e. The van der Waals surface area contributed by atoms with Gasteiger partial charge in [0.25, 0.3) is 5.91 Å². The Morgan fingerprint density at radius 3 is 3.00 bits per heavy atom. The van der Waals surface area contributed by atoms with Crippen molar-refractivity contribution in [3.63, 3.8) is 0 Å². The monoisotopic (exact) mass is 293 g/mol. The van der Waals surface area contributed by atoms with Crippen LogP contribution in [-0.2, 0) is 11.3 Å². The Morgan fingerprint density at radius 2 is 2.30 bits per heavy atom. The van der Waals surface area contributed by atoms with E-state index in [2.05, 4.69) is 10.2 Å². The van der Waals surface area contributed by atoms with E-state index in [1.807, 2.05) is 19.1 Å². The predicted octanol–water partition coefficient (Wildman–Crippen LogP) is 2.41. The second-order valence-corrected chi connectivity index (χ2v) is 4.99. The zero-order valence-corrected chi connectivity index (χ0v) is 12.1. The fourth-order valence-electron chi connectivity index (χ4n) is 1.70. The average Bonchev–Trinajstić information content (AvgIpc) is 2.92. The van der Waals surface area contributed by atoms with E-state index in [1.165, 1.54) is 0 Å². The Kier molecular flexibility index (Phi) is 4.63. The molecule has 0 spiro atoms.